The molecule has 1 atom stereocenters. The molecule has 1 aromatic rings. The van der Waals surface area contributed by atoms with E-state index in [4.69, 9.17) is 9.84 Å². The van der Waals surface area contributed by atoms with Gasteiger partial charge < -0.3 is 9.84 Å². The van der Waals surface area contributed by atoms with Gasteiger partial charge in [0.15, 0.2) is 0 Å². The summed E-state index contributed by atoms with van der Waals surface area (Å²) in [6.07, 6.45) is 2.60. The average molecular weight is 269 g/mol. The minimum atomic E-state index is -0.860. The molecule has 1 N–H and O–H groups in total. The van der Waals surface area contributed by atoms with Crippen molar-refractivity contribution in [1.82, 2.24) is 4.98 Å². The van der Waals surface area contributed by atoms with Crippen LogP contribution in [0.4, 0.5) is 0 Å². The molecule has 1 heterocycles. The zero-order valence-electron chi connectivity index (χ0n) is 10.0. The third-order valence-electron chi connectivity index (χ3n) is 2.22. The number of nitrogens with zero attached hydrogens (tertiary/aromatic N) is 1. The molecule has 0 radical (unpaired) electrons. The molecule has 0 aliphatic rings. The maximum absolute atomic E-state index is 11.6. The molecule has 0 saturated heterocycles. The molecule has 1 aromatic heterocycles. The number of carboxylic acid groups (broad SMARTS) is 1. The first-order chi connectivity index (χ1) is 8.63. The summed E-state index contributed by atoms with van der Waals surface area (Å²) in [6, 6.07) is 5.43. The summed E-state index contributed by atoms with van der Waals surface area (Å²) < 4.78 is 4.71. The Kier molecular flexibility index (Phi) is 6.21. The van der Waals surface area contributed by atoms with Crippen molar-refractivity contribution in [3.05, 3.63) is 24.4 Å². The van der Waals surface area contributed by atoms with Gasteiger partial charge in [-0.3, -0.25) is 9.59 Å². The number of esters is 1. The number of methoxy groups -OCH3 is 1. The number of ether oxygens (including phenoxy) is 1. The van der Waals surface area contributed by atoms with Crippen LogP contribution >= 0.6 is 11.8 Å². The first kappa shape index (κ1) is 14.5. The van der Waals surface area contributed by atoms with Gasteiger partial charge in [0.1, 0.15) is 5.25 Å². The second-order valence-corrected chi connectivity index (χ2v) is 4.81. The lowest BCUT2D eigenvalue weighted by molar-refractivity contribution is -0.141. The van der Waals surface area contributed by atoms with Crippen molar-refractivity contribution in [1.29, 1.82) is 0 Å². The van der Waals surface area contributed by atoms with Crippen LogP contribution in [0.5, 0.6) is 0 Å². The number of rotatable bonds is 7. The first-order valence-corrected chi connectivity index (χ1v) is 6.38. The number of aromatic nitrogens is 1. The molecule has 0 fully saturated rings. The molecule has 0 amide bonds. The van der Waals surface area contributed by atoms with E-state index in [-0.39, 0.29) is 12.4 Å². The lowest BCUT2D eigenvalue weighted by Crippen LogP contribution is -2.19. The molecule has 5 nitrogen and oxygen atoms in total. The highest BCUT2D eigenvalue weighted by Gasteiger charge is 2.21. The number of hydrogen-bond donors (Lipinski definition) is 1. The van der Waals surface area contributed by atoms with Gasteiger partial charge in [0.25, 0.3) is 0 Å². The second-order valence-electron chi connectivity index (χ2n) is 3.58. The van der Waals surface area contributed by atoms with Crippen LogP contribution in [0.3, 0.4) is 0 Å². The Morgan fingerprint density at radius 3 is 2.83 bits per heavy atom. The molecule has 0 aromatic carbocycles. The Hall–Kier alpha value is -1.56. The highest BCUT2D eigenvalue weighted by molar-refractivity contribution is 8.00. The third kappa shape index (κ3) is 5.18. The van der Waals surface area contributed by atoms with Crippen molar-refractivity contribution in [3.63, 3.8) is 0 Å². The average Bonchev–Trinajstić information content (AvgIpc) is 2.37. The number of carbonyl (C=O) groups is 2. The van der Waals surface area contributed by atoms with Gasteiger partial charge in [0, 0.05) is 12.6 Å². The van der Waals surface area contributed by atoms with Gasteiger partial charge in [-0.2, -0.15) is 0 Å². The van der Waals surface area contributed by atoms with E-state index in [2.05, 4.69) is 4.98 Å². The number of aliphatic carboxylic acids is 1. The van der Waals surface area contributed by atoms with Crippen molar-refractivity contribution in [2.45, 2.75) is 29.5 Å². The highest BCUT2D eigenvalue weighted by atomic mass is 32.2. The van der Waals surface area contributed by atoms with Crippen molar-refractivity contribution in [2.75, 3.05) is 7.11 Å². The summed E-state index contributed by atoms with van der Waals surface area (Å²) in [4.78, 5) is 26.1. The van der Waals surface area contributed by atoms with E-state index in [0.29, 0.717) is 12.8 Å². The summed E-state index contributed by atoms with van der Waals surface area (Å²) in [6.45, 7) is 0. The van der Waals surface area contributed by atoms with Gasteiger partial charge >= 0.3 is 11.9 Å². The van der Waals surface area contributed by atoms with E-state index in [0.717, 1.165) is 5.03 Å². The molecule has 1 rings (SSSR count). The van der Waals surface area contributed by atoms with Gasteiger partial charge in [-0.1, -0.05) is 17.8 Å². The first-order valence-electron chi connectivity index (χ1n) is 5.51. The predicted octanol–water partition coefficient (Wildman–Crippen LogP) is 1.97. The number of carboxylic acids is 1. The van der Waals surface area contributed by atoms with Crippen LogP contribution < -0.4 is 0 Å². The van der Waals surface area contributed by atoms with Gasteiger partial charge in [0.2, 0.25) is 0 Å². The topological polar surface area (TPSA) is 76.5 Å². The van der Waals surface area contributed by atoms with Crippen molar-refractivity contribution in [2.24, 2.45) is 0 Å². The van der Waals surface area contributed by atoms with E-state index < -0.39 is 11.2 Å². The molecule has 0 spiro atoms. The predicted molar refractivity (Wildman–Crippen MR) is 67.4 cm³/mol. The smallest absolute Gasteiger partial charge is 0.319 e. The molecule has 0 bridgehead atoms. The number of hydrogen-bond acceptors (Lipinski definition) is 5. The van der Waals surface area contributed by atoms with Crippen LogP contribution in [0.2, 0.25) is 0 Å². The van der Waals surface area contributed by atoms with Crippen LogP contribution in [0.25, 0.3) is 0 Å². The summed E-state index contributed by atoms with van der Waals surface area (Å²) in [5, 5.41) is 8.89. The Morgan fingerprint density at radius 1 is 1.50 bits per heavy atom. The quantitative estimate of drug-likeness (QED) is 0.602. The lowest BCUT2D eigenvalue weighted by atomic mass is 10.2. The Morgan fingerprint density at radius 2 is 2.28 bits per heavy atom. The van der Waals surface area contributed by atoms with E-state index in [1.807, 2.05) is 6.07 Å². The summed E-state index contributed by atoms with van der Waals surface area (Å²) in [5.41, 5.74) is 0. The van der Waals surface area contributed by atoms with Gasteiger partial charge in [-0.15, -0.1) is 0 Å². The number of pyridine rings is 1. The van der Waals surface area contributed by atoms with E-state index in [1.165, 1.54) is 18.9 Å². The molecule has 0 aliphatic heterocycles. The van der Waals surface area contributed by atoms with Gasteiger partial charge in [-0.25, -0.2) is 4.98 Å². The number of carbonyl (C=O) groups excluding carboxylic acids is 1. The van der Waals surface area contributed by atoms with Gasteiger partial charge in [0.05, 0.1) is 12.1 Å². The van der Waals surface area contributed by atoms with E-state index in [9.17, 15) is 9.59 Å². The van der Waals surface area contributed by atoms with E-state index >= 15 is 0 Å². The fourth-order valence-corrected chi connectivity index (χ4v) is 2.40. The monoisotopic (exact) mass is 269 g/mol. The van der Waals surface area contributed by atoms with Crippen LogP contribution in [0.15, 0.2) is 29.4 Å². The highest BCUT2D eigenvalue weighted by Crippen LogP contribution is 2.25. The van der Waals surface area contributed by atoms with Crippen LogP contribution in [-0.4, -0.2) is 34.4 Å². The van der Waals surface area contributed by atoms with Crippen molar-refractivity contribution < 1.29 is 19.4 Å². The maximum atomic E-state index is 11.6. The summed E-state index contributed by atoms with van der Waals surface area (Å²) in [7, 11) is 1.32. The number of thioether (sulfide) groups is 1. The fourth-order valence-electron chi connectivity index (χ4n) is 1.36. The van der Waals surface area contributed by atoms with Crippen LogP contribution in [0.1, 0.15) is 19.3 Å². The summed E-state index contributed by atoms with van der Waals surface area (Å²) >= 11 is 1.29. The fraction of sp³-hybridized carbons (Fsp3) is 0.417. The Labute approximate surface area is 110 Å². The van der Waals surface area contributed by atoms with Gasteiger partial charge in [-0.05, 0) is 25.0 Å². The molecule has 0 aliphatic carbocycles. The van der Waals surface area contributed by atoms with Crippen molar-refractivity contribution in [3.8, 4) is 0 Å². The Balaban J connectivity index is 2.56. The molecular weight excluding hydrogens is 254 g/mol. The zero-order valence-corrected chi connectivity index (χ0v) is 10.9. The summed E-state index contributed by atoms with van der Waals surface area (Å²) in [5.74, 6) is -1.21. The van der Waals surface area contributed by atoms with Crippen LogP contribution in [0, 0.1) is 0 Å². The standard InChI is InChI=1S/C12H15NO4S/c1-17-12(16)9(5-4-7-11(14)15)18-10-6-2-3-8-13-10/h2-3,6,8-9H,4-5,7H2,1H3,(H,14,15). The maximum Gasteiger partial charge on any atom is 0.319 e. The Bertz CT molecular complexity index is 396. The minimum Gasteiger partial charge on any atom is -0.481 e. The zero-order chi connectivity index (χ0) is 13.4. The normalized spacial score (nSPS) is 11.8. The molecule has 6 heteroatoms. The molecule has 1 unspecified atom stereocenters. The van der Waals surface area contributed by atoms with Crippen molar-refractivity contribution >= 4 is 23.7 Å². The SMILES string of the molecule is COC(=O)C(CCCC(=O)O)Sc1ccccn1. The minimum absolute atomic E-state index is 0.0519. The molecule has 18 heavy (non-hydrogen) atoms. The molecule has 98 valence electrons. The third-order valence-corrected chi connectivity index (χ3v) is 3.42. The van der Waals surface area contributed by atoms with Crippen LogP contribution in [-0.2, 0) is 14.3 Å². The van der Waals surface area contributed by atoms with E-state index in [1.54, 1.807) is 18.3 Å². The second kappa shape index (κ2) is 7.71. The lowest BCUT2D eigenvalue weighted by Gasteiger charge is -2.12. The molecular formula is C12H15NO4S. The largest absolute Gasteiger partial charge is 0.481 e. The molecule has 0 saturated carbocycles.